The van der Waals surface area contributed by atoms with E-state index in [1.165, 1.54) is 24.0 Å². The van der Waals surface area contributed by atoms with E-state index in [0.717, 1.165) is 5.69 Å². The number of nitrogen functional groups attached to an aromatic ring is 2. The lowest BCUT2D eigenvalue weighted by Crippen LogP contribution is -2.10. The number of rotatable bonds is 4. The molecule has 0 unspecified atom stereocenters. The van der Waals surface area contributed by atoms with Crippen LogP contribution in [0.5, 0.6) is 0 Å². The number of hydrogen-bond acceptors (Lipinski definition) is 8. The minimum atomic E-state index is -0.279. The fourth-order valence-corrected chi connectivity index (χ4v) is 1.94. The number of hydrazine groups is 1. The minimum absolute atomic E-state index is 0.190. The zero-order valence-electron chi connectivity index (χ0n) is 9.25. The molecule has 0 aliphatic heterocycles. The average Bonchev–Trinajstić information content (AvgIpc) is 2.36. The van der Waals surface area contributed by atoms with Crippen LogP contribution in [0.25, 0.3) is 0 Å². The van der Waals surface area contributed by atoms with Crippen molar-refractivity contribution in [1.82, 2.24) is 19.9 Å². The fourth-order valence-electron chi connectivity index (χ4n) is 1.17. The normalized spacial score (nSPS) is 10.3. The molecule has 0 aromatic carbocycles. The van der Waals surface area contributed by atoms with Crippen LogP contribution in [0.15, 0.2) is 28.4 Å². The fraction of sp³-hybridized carbons (Fsp3) is 0.111. The molecular weight excluding hydrogens is 254 g/mol. The molecule has 0 aliphatic carbocycles. The van der Waals surface area contributed by atoms with Crippen LogP contribution in [-0.2, 0) is 5.75 Å². The Hall–Kier alpha value is -2.13. The van der Waals surface area contributed by atoms with E-state index in [1.54, 1.807) is 6.20 Å². The van der Waals surface area contributed by atoms with Gasteiger partial charge in [0, 0.05) is 11.8 Å². The summed E-state index contributed by atoms with van der Waals surface area (Å²) in [6.07, 6.45) is 3.11. The Kier molecular flexibility index (Phi) is 3.75. The molecule has 2 rings (SSSR count). The summed E-state index contributed by atoms with van der Waals surface area (Å²) < 4.78 is 0. The van der Waals surface area contributed by atoms with Crippen LogP contribution >= 0.6 is 11.8 Å². The molecule has 0 saturated heterocycles. The number of anilines is 2. The molecular formula is C9H11N7OS. The van der Waals surface area contributed by atoms with Crippen LogP contribution in [-0.4, -0.2) is 19.9 Å². The summed E-state index contributed by atoms with van der Waals surface area (Å²) >= 11 is 1.31. The summed E-state index contributed by atoms with van der Waals surface area (Å²) in [7, 11) is 0. The lowest BCUT2D eigenvalue weighted by atomic mass is 10.5. The number of aromatic nitrogens is 4. The number of thioether (sulfide) groups is 1. The van der Waals surface area contributed by atoms with Crippen molar-refractivity contribution in [2.45, 2.75) is 10.9 Å². The van der Waals surface area contributed by atoms with Gasteiger partial charge in [-0.2, -0.15) is 0 Å². The summed E-state index contributed by atoms with van der Waals surface area (Å²) in [6.45, 7) is 0. The second-order valence-electron chi connectivity index (χ2n) is 3.30. The minimum Gasteiger partial charge on any atom is -0.383 e. The van der Waals surface area contributed by atoms with Gasteiger partial charge in [-0.1, -0.05) is 11.8 Å². The van der Waals surface area contributed by atoms with Crippen molar-refractivity contribution in [2.75, 3.05) is 11.2 Å². The summed E-state index contributed by atoms with van der Waals surface area (Å²) in [4.78, 5) is 25.9. The van der Waals surface area contributed by atoms with Crippen LogP contribution in [0.3, 0.4) is 0 Å². The Morgan fingerprint density at radius 1 is 1.39 bits per heavy atom. The van der Waals surface area contributed by atoms with E-state index in [-0.39, 0.29) is 11.4 Å². The zero-order chi connectivity index (χ0) is 13.0. The largest absolute Gasteiger partial charge is 0.383 e. The number of H-pyrrole nitrogens is 1. The first-order valence-corrected chi connectivity index (χ1v) is 5.93. The van der Waals surface area contributed by atoms with Crippen molar-refractivity contribution in [1.29, 1.82) is 0 Å². The third-order valence-electron chi connectivity index (χ3n) is 1.95. The number of nitrogens with two attached hydrogens (primary N) is 2. The van der Waals surface area contributed by atoms with Crippen molar-refractivity contribution in [3.63, 3.8) is 0 Å². The van der Waals surface area contributed by atoms with E-state index >= 15 is 0 Å². The highest BCUT2D eigenvalue weighted by atomic mass is 32.2. The smallest absolute Gasteiger partial charge is 0.253 e. The molecule has 0 amide bonds. The van der Waals surface area contributed by atoms with Gasteiger partial charge < -0.3 is 16.1 Å². The van der Waals surface area contributed by atoms with Crippen molar-refractivity contribution in [2.24, 2.45) is 5.84 Å². The molecule has 8 nitrogen and oxygen atoms in total. The first kappa shape index (κ1) is 12.3. The molecule has 0 bridgehead atoms. The Labute approximate surface area is 106 Å². The predicted molar refractivity (Wildman–Crippen MR) is 68.7 cm³/mol. The molecule has 0 radical (unpaired) electrons. The average molecular weight is 265 g/mol. The van der Waals surface area contributed by atoms with E-state index < -0.39 is 0 Å². The van der Waals surface area contributed by atoms with Gasteiger partial charge in [-0.3, -0.25) is 9.78 Å². The van der Waals surface area contributed by atoms with Gasteiger partial charge in [-0.25, -0.2) is 15.8 Å². The van der Waals surface area contributed by atoms with Gasteiger partial charge in [0.1, 0.15) is 5.82 Å². The number of hydrogen-bond donors (Lipinski definition) is 4. The molecule has 0 spiro atoms. The second-order valence-corrected chi connectivity index (χ2v) is 4.27. The Morgan fingerprint density at radius 2 is 2.22 bits per heavy atom. The highest BCUT2D eigenvalue weighted by Gasteiger charge is 2.02. The Balaban J connectivity index is 2.04. The Morgan fingerprint density at radius 3 is 2.83 bits per heavy atom. The van der Waals surface area contributed by atoms with Crippen LogP contribution in [0.1, 0.15) is 5.69 Å². The first-order valence-electron chi connectivity index (χ1n) is 4.94. The van der Waals surface area contributed by atoms with Crippen LogP contribution in [0.4, 0.5) is 11.6 Å². The molecule has 6 N–H and O–H groups in total. The molecule has 2 heterocycles. The lowest BCUT2D eigenvalue weighted by molar-refractivity contribution is 0.942. The van der Waals surface area contributed by atoms with Crippen molar-refractivity contribution >= 4 is 23.4 Å². The molecule has 2 aromatic rings. The number of nitrogens with zero attached hydrogens (tertiary/aromatic N) is 3. The molecule has 0 saturated carbocycles. The van der Waals surface area contributed by atoms with Gasteiger partial charge in [0.25, 0.3) is 5.56 Å². The predicted octanol–water partition coefficient (Wildman–Crippen LogP) is -0.280. The van der Waals surface area contributed by atoms with Crippen molar-refractivity contribution < 1.29 is 0 Å². The molecule has 18 heavy (non-hydrogen) atoms. The van der Waals surface area contributed by atoms with Crippen molar-refractivity contribution in [3.8, 4) is 0 Å². The lowest BCUT2D eigenvalue weighted by Gasteiger charge is -2.02. The van der Waals surface area contributed by atoms with E-state index in [9.17, 15) is 4.79 Å². The van der Waals surface area contributed by atoms with Gasteiger partial charge in [0.2, 0.25) is 0 Å². The summed E-state index contributed by atoms with van der Waals surface area (Å²) in [5.41, 5.74) is 8.32. The topological polar surface area (TPSA) is 136 Å². The van der Waals surface area contributed by atoms with E-state index in [2.05, 4.69) is 25.4 Å². The molecule has 0 atom stereocenters. The third-order valence-corrected chi connectivity index (χ3v) is 2.86. The quantitative estimate of drug-likeness (QED) is 0.256. The molecule has 2 aromatic heterocycles. The highest BCUT2D eigenvalue weighted by molar-refractivity contribution is 7.98. The summed E-state index contributed by atoms with van der Waals surface area (Å²) in [5.74, 6) is 6.37. The number of nitrogens with one attached hydrogen (secondary N) is 2. The maximum absolute atomic E-state index is 11.2. The molecule has 0 fully saturated rings. The number of aromatic amines is 1. The SMILES string of the molecule is NNc1cnc(CSc2nc(N)cc(=O)[nH]2)cn1. The maximum atomic E-state index is 11.2. The third kappa shape index (κ3) is 3.18. The van der Waals surface area contributed by atoms with Crippen LogP contribution in [0, 0.1) is 0 Å². The first-order chi connectivity index (χ1) is 8.67. The van der Waals surface area contributed by atoms with Gasteiger partial charge in [-0.05, 0) is 0 Å². The molecule has 94 valence electrons. The monoisotopic (exact) mass is 265 g/mol. The second kappa shape index (κ2) is 5.47. The summed E-state index contributed by atoms with van der Waals surface area (Å²) in [6, 6.07) is 1.23. The van der Waals surface area contributed by atoms with Crippen LogP contribution in [0.2, 0.25) is 0 Å². The van der Waals surface area contributed by atoms with Crippen LogP contribution < -0.4 is 22.6 Å². The van der Waals surface area contributed by atoms with Gasteiger partial charge in [0.15, 0.2) is 11.0 Å². The maximum Gasteiger partial charge on any atom is 0.253 e. The standard InChI is InChI=1S/C9H11N7OS/c10-6-1-8(17)15-9(14-6)18-4-5-2-13-7(16-11)3-12-5/h1-3H,4,11H2,(H,13,16)(H3,10,14,15,17). The van der Waals surface area contributed by atoms with Gasteiger partial charge in [-0.15, -0.1) is 0 Å². The highest BCUT2D eigenvalue weighted by Crippen LogP contribution is 2.17. The van der Waals surface area contributed by atoms with Gasteiger partial charge >= 0.3 is 0 Å². The van der Waals surface area contributed by atoms with E-state index in [4.69, 9.17) is 11.6 Å². The van der Waals surface area contributed by atoms with E-state index in [1.807, 2.05) is 0 Å². The van der Waals surface area contributed by atoms with E-state index in [0.29, 0.717) is 16.7 Å². The Bertz CT molecular complexity index is 582. The van der Waals surface area contributed by atoms with Gasteiger partial charge in [0.05, 0.1) is 18.1 Å². The molecule has 0 aliphatic rings. The molecule has 9 heteroatoms. The van der Waals surface area contributed by atoms with Crippen molar-refractivity contribution in [3.05, 3.63) is 34.5 Å². The zero-order valence-corrected chi connectivity index (χ0v) is 10.1. The summed E-state index contributed by atoms with van der Waals surface area (Å²) in [5, 5.41) is 0.447.